The third-order valence-electron chi connectivity index (χ3n) is 4.70. The van der Waals surface area contributed by atoms with Crippen LogP contribution in [0.1, 0.15) is 44.6 Å². The second-order valence-corrected chi connectivity index (χ2v) is 7.34. The Morgan fingerprint density at radius 2 is 1.91 bits per heavy atom. The van der Waals surface area contributed by atoms with Gasteiger partial charge < -0.3 is 16.8 Å². The fraction of sp³-hybridized carbons (Fsp3) is 0.588. The number of carbonyl (C=O) groups excluding carboxylic acids is 1. The normalized spacial score (nSPS) is 20.2. The van der Waals surface area contributed by atoms with Crippen LogP contribution in [0, 0.1) is 5.92 Å². The van der Waals surface area contributed by atoms with Gasteiger partial charge in [0.15, 0.2) is 0 Å². The third kappa shape index (κ3) is 4.09. The highest BCUT2D eigenvalue weighted by atomic mass is 79.9. The van der Waals surface area contributed by atoms with E-state index >= 15 is 0 Å². The molecule has 1 saturated carbocycles. The fourth-order valence-corrected chi connectivity index (χ4v) is 3.42. The van der Waals surface area contributed by atoms with Crippen LogP contribution in [0.5, 0.6) is 0 Å². The predicted octanol–water partition coefficient (Wildman–Crippen LogP) is 2.65. The van der Waals surface area contributed by atoms with Crippen molar-refractivity contribution in [1.82, 2.24) is 5.32 Å². The summed E-state index contributed by atoms with van der Waals surface area (Å²) in [7, 11) is 0. The molecule has 0 bridgehead atoms. The first kappa shape index (κ1) is 17.4. The third-order valence-corrected chi connectivity index (χ3v) is 5.23. The quantitative estimate of drug-likeness (QED) is 0.747. The first-order valence-electron chi connectivity index (χ1n) is 8.01. The summed E-state index contributed by atoms with van der Waals surface area (Å²) in [4.78, 5) is 12.7. The van der Waals surface area contributed by atoms with Gasteiger partial charge in [0, 0.05) is 17.1 Å². The summed E-state index contributed by atoms with van der Waals surface area (Å²) >= 11 is 3.39. The van der Waals surface area contributed by atoms with Gasteiger partial charge in [0.25, 0.3) is 0 Å². The molecule has 2 unspecified atom stereocenters. The van der Waals surface area contributed by atoms with E-state index in [1.807, 2.05) is 24.3 Å². The number of hydrogen-bond acceptors (Lipinski definition) is 3. The molecule has 0 aromatic heterocycles. The molecule has 2 rings (SSSR count). The average molecular weight is 368 g/mol. The molecule has 1 amide bonds. The Hall–Kier alpha value is -0.910. The maximum atomic E-state index is 12.7. The summed E-state index contributed by atoms with van der Waals surface area (Å²) in [5, 5.41) is 3.09. The Morgan fingerprint density at radius 3 is 2.45 bits per heavy atom. The molecule has 2 atom stereocenters. The molecule has 1 aliphatic carbocycles. The molecule has 122 valence electrons. The molecule has 0 saturated heterocycles. The zero-order chi connectivity index (χ0) is 16.2. The smallest absolute Gasteiger partial charge is 0.244 e. The van der Waals surface area contributed by atoms with Gasteiger partial charge in [-0.25, -0.2) is 0 Å². The summed E-state index contributed by atoms with van der Waals surface area (Å²) in [6.45, 7) is 2.22. The van der Waals surface area contributed by atoms with Crippen LogP contribution in [0.15, 0.2) is 28.7 Å². The van der Waals surface area contributed by atoms with Gasteiger partial charge in [0.05, 0.1) is 0 Å². The lowest BCUT2D eigenvalue weighted by Gasteiger charge is -2.33. The maximum Gasteiger partial charge on any atom is 0.244 e. The van der Waals surface area contributed by atoms with Crippen molar-refractivity contribution in [1.29, 1.82) is 0 Å². The average Bonchev–Trinajstić information content (AvgIpc) is 2.53. The van der Waals surface area contributed by atoms with Crippen molar-refractivity contribution in [2.75, 3.05) is 6.54 Å². The van der Waals surface area contributed by atoms with Crippen molar-refractivity contribution < 1.29 is 4.79 Å². The molecule has 5 N–H and O–H groups in total. The number of carbonyl (C=O) groups is 1. The van der Waals surface area contributed by atoms with E-state index in [1.54, 1.807) is 6.92 Å². The van der Waals surface area contributed by atoms with Gasteiger partial charge in [-0.2, -0.15) is 0 Å². The molecule has 0 spiro atoms. The summed E-state index contributed by atoms with van der Waals surface area (Å²) in [6.07, 6.45) is 6.02. The largest absolute Gasteiger partial charge is 0.350 e. The first-order valence-corrected chi connectivity index (χ1v) is 8.80. The molecule has 1 aliphatic rings. The number of rotatable bonds is 5. The Morgan fingerprint density at radius 1 is 1.32 bits per heavy atom. The van der Waals surface area contributed by atoms with Crippen molar-refractivity contribution in [3.8, 4) is 0 Å². The van der Waals surface area contributed by atoms with Crippen molar-refractivity contribution in [2.45, 2.75) is 50.6 Å². The highest BCUT2D eigenvalue weighted by Gasteiger charge is 2.33. The monoisotopic (exact) mass is 367 g/mol. The van der Waals surface area contributed by atoms with Crippen LogP contribution in [-0.4, -0.2) is 18.5 Å². The summed E-state index contributed by atoms with van der Waals surface area (Å²) in [5.74, 6) is 0.319. The topological polar surface area (TPSA) is 81.1 Å². The number of nitrogens with two attached hydrogens (primary N) is 2. The van der Waals surface area contributed by atoms with E-state index in [2.05, 4.69) is 21.2 Å². The zero-order valence-electron chi connectivity index (χ0n) is 13.1. The van der Waals surface area contributed by atoms with Gasteiger partial charge >= 0.3 is 0 Å². The highest BCUT2D eigenvalue weighted by Crippen LogP contribution is 2.27. The molecule has 0 heterocycles. The van der Waals surface area contributed by atoms with Crippen molar-refractivity contribution in [3.05, 3.63) is 34.3 Å². The van der Waals surface area contributed by atoms with Gasteiger partial charge in [-0.15, -0.1) is 0 Å². The van der Waals surface area contributed by atoms with Crippen LogP contribution in [0.2, 0.25) is 0 Å². The molecular weight excluding hydrogens is 342 g/mol. The van der Waals surface area contributed by atoms with E-state index in [9.17, 15) is 4.79 Å². The van der Waals surface area contributed by atoms with Crippen molar-refractivity contribution in [3.63, 3.8) is 0 Å². The SMILES string of the molecule is CC(N)(C(=O)NC(CN)C1CCCCC1)c1ccc(Br)cc1. The van der Waals surface area contributed by atoms with Crippen LogP contribution in [0.3, 0.4) is 0 Å². The Balaban J connectivity index is 2.06. The highest BCUT2D eigenvalue weighted by molar-refractivity contribution is 9.10. The molecule has 1 fully saturated rings. The van der Waals surface area contributed by atoms with E-state index in [4.69, 9.17) is 11.5 Å². The van der Waals surface area contributed by atoms with Crippen LogP contribution >= 0.6 is 15.9 Å². The van der Waals surface area contributed by atoms with Gasteiger partial charge in [-0.3, -0.25) is 4.79 Å². The standard InChI is InChI=1S/C17H26BrN3O/c1-17(20,13-7-9-14(18)10-8-13)16(22)21-15(11-19)12-5-3-2-4-6-12/h7-10,12,15H,2-6,11,19-20H2,1H3,(H,21,22). The molecule has 0 radical (unpaired) electrons. The summed E-state index contributed by atoms with van der Waals surface area (Å²) < 4.78 is 0.967. The number of halogens is 1. The minimum absolute atomic E-state index is 0.0196. The van der Waals surface area contributed by atoms with Crippen LogP contribution in [0.25, 0.3) is 0 Å². The second-order valence-electron chi connectivity index (χ2n) is 6.42. The lowest BCUT2D eigenvalue weighted by atomic mass is 9.83. The molecule has 0 aliphatic heterocycles. The number of amides is 1. The molecule has 22 heavy (non-hydrogen) atoms. The van der Waals surface area contributed by atoms with E-state index in [-0.39, 0.29) is 11.9 Å². The van der Waals surface area contributed by atoms with Gasteiger partial charge in [-0.1, -0.05) is 47.3 Å². The van der Waals surface area contributed by atoms with E-state index in [0.29, 0.717) is 12.5 Å². The minimum atomic E-state index is -1.05. The Bertz CT molecular complexity index is 495. The maximum absolute atomic E-state index is 12.7. The van der Waals surface area contributed by atoms with Crippen LogP contribution in [0.4, 0.5) is 0 Å². The van der Waals surface area contributed by atoms with Crippen LogP contribution < -0.4 is 16.8 Å². The minimum Gasteiger partial charge on any atom is -0.350 e. The van der Waals surface area contributed by atoms with E-state index in [0.717, 1.165) is 22.9 Å². The molecule has 4 nitrogen and oxygen atoms in total. The molecule has 5 heteroatoms. The summed E-state index contributed by atoms with van der Waals surface area (Å²) in [5.41, 5.74) is 11.9. The fourth-order valence-electron chi connectivity index (χ4n) is 3.15. The van der Waals surface area contributed by atoms with E-state index < -0.39 is 5.54 Å². The molecule has 1 aromatic rings. The molecular formula is C17H26BrN3O. The second kappa shape index (κ2) is 7.57. The van der Waals surface area contributed by atoms with E-state index in [1.165, 1.54) is 19.3 Å². The number of nitrogens with one attached hydrogen (secondary N) is 1. The van der Waals surface area contributed by atoms with Gasteiger partial charge in [-0.05, 0) is 43.4 Å². The van der Waals surface area contributed by atoms with Crippen LogP contribution in [-0.2, 0) is 10.3 Å². The zero-order valence-corrected chi connectivity index (χ0v) is 14.7. The molecule has 1 aromatic carbocycles. The van der Waals surface area contributed by atoms with Gasteiger partial charge in [0.1, 0.15) is 5.54 Å². The Labute approximate surface area is 141 Å². The lowest BCUT2D eigenvalue weighted by Crippen LogP contribution is -2.55. The predicted molar refractivity (Wildman–Crippen MR) is 93.2 cm³/mol. The summed E-state index contributed by atoms with van der Waals surface area (Å²) in [6, 6.07) is 7.57. The first-order chi connectivity index (χ1) is 10.4. The van der Waals surface area contributed by atoms with Crippen molar-refractivity contribution >= 4 is 21.8 Å². The number of hydrogen-bond donors (Lipinski definition) is 3. The number of benzene rings is 1. The lowest BCUT2D eigenvalue weighted by molar-refractivity contribution is -0.127. The van der Waals surface area contributed by atoms with Gasteiger partial charge in [0.2, 0.25) is 5.91 Å². The Kier molecular flexibility index (Phi) is 6.01. The van der Waals surface area contributed by atoms with Crippen molar-refractivity contribution in [2.24, 2.45) is 17.4 Å².